The van der Waals surface area contributed by atoms with Crippen LogP contribution in [-0.4, -0.2) is 13.7 Å². The zero-order valence-electron chi connectivity index (χ0n) is 11.4. The second-order valence-corrected chi connectivity index (χ2v) is 4.85. The van der Waals surface area contributed by atoms with Crippen molar-refractivity contribution in [2.75, 3.05) is 13.7 Å². The lowest BCUT2D eigenvalue weighted by molar-refractivity contribution is 0.400. The van der Waals surface area contributed by atoms with Gasteiger partial charge in [0.25, 0.3) is 0 Å². The van der Waals surface area contributed by atoms with Crippen LogP contribution in [0.15, 0.2) is 0 Å². The maximum atomic E-state index is 6.38. The fraction of sp³-hybridized carbons (Fsp3) is 0.571. The Morgan fingerprint density at radius 1 is 1.18 bits per heavy atom. The maximum absolute atomic E-state index is 6.38. The summed E-state index contributed by atoms with van der Waals surface area (Å²) in [7, 11) is 1.71. The first-order valence-electron chi connectivity index (χ1n) is 6.02. The number of halogens is 1. The van der Waals surface area contributed by atoms with E-state index in [1.807, 2.05) is 20.8 Å². The smallest absolute Gasteiger partial charge is 0.125 e. The zero-order chi connectivity index (χ0) is 13.2. The van der Waals surface area contributed by atoms with Crippen LogP contribution in [0, 0.1) is 20.8 Å². The van der Waals surface area contributed by atoms with Gasteiger partial charge in [0, 0.05) is 10.6 Å². The third-order valence-corrected chi connectivity index (χ3v) is 4.17. The summed E-state index contributed by atoms with van der Waals surface area (Å²) in [5, 5.41) is 0.838. The lowest BCUT2D eigenvalue weighted by Crippen LogP contribution is -2.15. The summed E-state index contributed by atoms with van der Waals surface area (Å²) in [6.07, 6.45) is 0.993. The highest BCUT2D eigenvalue weighted by atomic mass is 35.5. The molecule has 3 heteroatoms. The first-order valence-corrected chi connectivity index (χ1v) is 6.40. The highest BCUT2D eigenvalue weighted by molar-refractivity contribution is 6.32. The summed E-state index contributed by atoms with van der Waals surface area (Å²) in [4.78, 5) is 0. The van der Waals surface area contributed by atoms with Crippen LogP contribution in [0.5, 0.6) is 5.75 Å². The third-order valence-electron chi connectivity index (χ3n) is 3.60. The van der Waals surface area contributed by atoms with E-state index in [9.17, 15) is 0 Å². The number of hydrogen-bond donors (Lipinski definition) is 1. The minimum absolute atomic E-state index is 0.307. The summed E-state index contributed by atoms with van der Waals surface area (Å²) >= 11 is 6.38. The molecule has 0 aromatic heterocycles. The van der Waals surface area contributed by atoms with Gasteiger partial charge in [-0.15, -0.1) is 0 Å². The Bertz CT molecular complexity index is 411. The maximum Gasteiger partial charge on any atom is 0.125 e. The van der Waals surface area contributed by atoms with Crippen molar-refractivity contribution in [3.63, 3.8) is 0 Å². The van der Waals surface area contributed by atoms with Crippen molar-refractivity contribution in [2.45, 2.75) is 40.0 Å². The molecule has 0 aliphatic carbocycles. The third kappa shape index (κ3) is 2.43. The standard InChI is InChI=1S/C14H22ClNO/c1-6-11(7-16)12-10(4)13(15)8(2)9(3)14(12)17-5/h11H,6-7,16H2,1-5H3. The van der Waals surface area contributed by atoms with Crippen LogP contribution >= 0.6 is 11.6 Å². The number of hydrogen-bond acceptors (Lipinski definition) is 2. The fourth-order valence-corrected chi connectivity index (χ4v) is 2.59. The minimum atomic E-state index is 0.307. The Morgan fingerprint density at radius 2 is 1.76 bits per heavy atom. The van der Waals surface area contributed by atoms with Crippen LogP contribution in [-0.2, 0) is 0 Å². The Hall–Kier alpha value is -0.730. The van der Waals surface area contributed by atoms with Crippen molar-refractivity contribution in [3.8, 4) is 5.75 Å². The van der Waals surface area contributed by atoms with Crippen molar-refractivity contribution in [3.05, 3.63) is 27.3 Å². The van der Waals surface area contributed by atoms with Crippen LogP contribution in [0.1, 0.15) is 41.5 Å². The Morgan fingerprint density at radius 3 is 2.18 bits per heavy atom. The van der Waals surface area contributed by atoms with Crippen LogP contribution in [0.4, 0.5) is 0 Å². The van der Waals surface area contributed by atoms with E-state index in [0.717, 1.165) is 33.9 Å². The van der Waals surface area contributed by atoms with Gasteiger partial charge in [-0.05, 0) is 56.3 Å². The summed E-state index contributed by atoms with van der Waals surface area (Å²) < 4.78 is 5.56. The van der Waals surface area contributed by atoms with E-state index in [1.54, 1.807) is 7.11 Å². The average molecular weight is 256 g/mol. The second kappa shape index (κ2) is 5.74. The topological polar surface area (TPSA) is 35.2 Å². The van der Waals surface area contributed by atoms with Crippen LogP contribution in [0.25, 0.3) is 0 Å². The number of methoxy groups -OCH3 is 1. The van der Waals surface area contributed by atoms with Crippen molar-refractivity contribution < 1.29 is 4.74 Å². The van der Waals surface area contributed by atoms with Gasteiger partial charge in [0.2, 0.25) is 0 Å². The first-order chi connectivity index (χ1) is 7.99. The lowest BCUT2D eigenvalue weighted by atomic mass is 9.88. The molecule has 1 aromatic rings. The minimum Gasteiger partial charge on any atom is -0.496 e. The molecule has 2 nitrogen and oxygen atoms in total. The molecular formula is C14H22ClNO. The summed E-state index contributed by atoms with van der Waals surface area (Å²) in [5.74, 6) is 1.25. The average Bonchev–Trinajstić information content (AvgIpc) is 2.34. The molecule has 1 unspecified atom stereocenters. The van der Waals surface area contributed by atoms with Crippen LogP contribution in [0.2, 0.25) is 5.02 Å². The molecule has 1 atom stereocenters. The van der Waals surface area contributed by atoms with Crippen LogP contribution in [0.3, 0.4) is 0 Å². The van der Waals surface area contributed by atoms with Gasteiger partial charge in [0.1, 0.15) is 5.75 Å². The van der Waals surface area contributed by atoms with E-state index in [0.29, 0.717) is 12.5 Å². The van der Waals surface area contributed by atoms with Gasteiger partial charge < -0.3 is 10.5 Å². The summed E-state index contributed by atoms with van der Waals surface area (Å²) in [6, 6.07) is 0. The van der Waals surface area contributed by atoms with E-state index in [2.05, 4.69) is 6.92 Å². The summed E-state index contributed by atoms with van der Waals surface area (Å²) in [5.41, 5.74) is 10.3. The number of ether oxygens (including phenoxy) is 1. The predicted octanol–water partition coefficient (Wildman–Crippen LogP) is 3.73. The van der Waals surface area contributed by atoms with E-state index < -0.39 is 0 Å². The lowest BCUT2D eigenvalue weighted by Gasteiger charge is -2.23. The van der Waals surface area contributed by atoms with Gasteiger partial charge in [-0.2, -0.15) is 0 Å². The fourth-order valence-electron chi connectivity index (χ4n) is 2.35. The Kier molecular flexibility index (Phi) is 4.84. The van der Waals surface area contributed by atoms with E-state index in [4.69, 9.17) is 22.1 Å². The molecule has 0 radical (unpaired) electrons. The normalized spacial score (nSPS) is 12.6. The van der Waals surface area contributed by atoms with Crippen molar-refractivity contribution in [2.24, 2.45) is 5.73 Å². The van der Waals surface area contributed by atoms with Crippen molar-refractivity contribution >= 4 is 11.6 Å². The molecule has 0 aliphatic rings. The SMILES string of the molecule is CCC(CN)c1c(C)c(Cl)c(C)c(C)c1OC. The molecule has 0 spiro atoms. The van der Waals surface area contributed by atoms with Crippen molar-refractivity contribution in [1.82, 2.24) is 0 Å². The zero-order valence-corrected chi connectivity index (χ0v) is 12.1. The molecule has 2 N–H and O–H groups in total. The molecule has 1 rings (SSSR count). The van der Waals surface area contributed by atoms with Crippen LogP contribution < -0.4 is 10.5 Å². The van der Waals surface area contributed by atoms with Gasteiger partial charge in [0.05, 0.1) is 7.11 Å². The Labute approximate surface area is 109 Å². The quantitative estimate of drug-likeness (QED) is 0.890. The van der Waals surface area contributed by atoms with Gasteiger partial charge in [-0.25, -0.2) is 0 Å². The molecule has 0 bridgehead atoms. The van der Waals surface area contributed by atoms with E-state index in [-0.39, 0.29) is 0 Å². The van der Waals surface area contributed by atoms with Gasteiger partial charge in [-0.1, -0.05) is 18.5 Å². The first kappa shape index (κ1) is 14.3. The highest BCUT2D eigenvalue weighted by Gasteiger charge is 2.21. The molecule has 0 heterocycles. The predicted molar refractivity (Wildman–Crippen MR) is 74.3 cm³/mol. The van der Waals surface area contributed by atoms with Crippen molar-refractivity contribution in [1.29, 1.82) is 0 Å². The molecule has 17 heavy (non-hydrogen) atoms. The molecule has 0 fully saturated rings. The highest BCUT2D eigenvalue weighted by Crippen LogP contribution is 2.40. The molecule has 1 aromatic carbocycles. The van der Waals surface area contributed by atoms with Gasteiger partial charge in [0.15, 0.2) is 0 Å². The monoisotopic (exact) mass is 255 g/mol. The largest absolute Gasteiger partial charge is 0.496 e. The van der Waals surface area contributed by atoms with Gasteiger partial charge >= 0.3 is 0 Å². The van der Waals surface area contributed by atoms with E-state index in [1.165, 1.54) is 5.56 Å². The van der Waals surface area contributed by atoms with Gasteiger partial charge in [-0.3, -0.25) is 0 Å². The molecule has 0 saturated heterocycles. The van der Waals surface area contributed by atoms with E-state index >= 15 is 0 Å². The second-order valence-electron chi connectivity index (χ2n) is 4.48. The molecule has 0 aliphatic heterocycles. The number of nitrogens with two attached hydrogens (primary N) is 1. The molecule has 0 saturated carbocycles. The number of benzene rings is 1. The number of rotatable bonds is 4. The molecular weight excluding hydrogens is 234 g/mol. The summed E-state index contributed by atoms with van der Waals surface area (Å²) in [6.45, 7) is 8.88. The Balaban J connectivity index is 3.56. The molecule has 96 valence electrons. The molecule has 0 amide bonds.